The molecule has 2 aromatic carbocycles. The second-order valence-corrected chi connectivity index (χ2v) is 4.66. The van der Waals surface area contributed by atoms with Gasteiger partial charge in [-0.2, -0.15) is 0 Å². The first-order valence-electron chi connectivity index (χ1n) is 5.85. The highest BCUT2D eigenvalue weighted by Gasteiger charge is 2.15. The van der Waals surface area contributed by atoms with Gasteiger partial charge in [0, 0.05) is 12.3 Å². The molecule has 1 aliphatic rings. The summed E-state index contributed by atoms with van der Waals surface area (Å²) in [5.41, 5.74) is 2.57. The first kappa shape index (κ1) is 9.59. The first-order chi connectivity index (χ1) is 7.83. The molecule has 16 heavy (non-hydrogen) atoms. The smallest absolute Gasteiger partial charge is 0.0424 e. The zero-order valence-electron chi connectivity index (χ0n) is 9.48. The lowest BCUT2D eigenvalue weighted by atomic mass is 10.00. The van der Waals surface area contributed by atoms with Gasteiger partial charge in [-0.15, -0.1) is 0 Å². The highest BCUT2D eigenvalue weighted by molar-refractivity contribution is 6.04. The van der Waals surface area contributed by atoms with Crippen LogP contribution < -0.4 is 0 Å². The van der Waals surface area contributed by atoms with E-state index in [4.69, 9.17) is 0 Å². The standard InChI is InChI=1S/C15H15N/c1-11-8-15(16-10-11)14-7-6-12-4-2-3-5-13(12)9-14/h2-7,9,11H,8,10H2,1H3. The summed E-state index contributed by atoms with van der Waals surface area (Å²) in [4.78, 5) is 4.61. The van der Waals surface area contributed by atoms with Crippen LogP contribution in [0, 0.1) is 5.92 Å². The fourth-order valence-electron chi connectivity index (χ4n) is 2.30. The molecule has 0 saturated carbocycles. The molecule has 0 radical (unpaired) electrons. The molecule has 0 amide bonds. The minimum Gasteiger partial charge on any atom is -0.289 e. The summed E-state index contributed by atoms with van der Waals surface area (Å²) >= 11 is 0. The minimum absolute atomic E-state index is 0.710. The molecule has 0 spiro atoms. The third-order valence-corrected chi connectivity index (χ3v) is 3.22. The van der Waals surface area contributed by atoms with E-state index in [1.54, 1.807) is 0 Å². The Balaban J connectivity index is 2.05. The van der Waals surface area contributed by atoms with Crippen LogP contribution in [0.2, 0.25) is 0 Å². The number of hydrogen-bond donors (Lipinski definition) is 0. The largest absolute Gasteiger partial charge is 0.289 e. The lowest BCUT2D eigenvalue weighted by Gasteiger charge is -2.04. The quantitative estimate of drug-likeness (QED) is 0.679. The van der Waals surface area contributed by atoms with Crippen molar-refractivity contribution in [1.82, 2.24) is 0 Å². The second-order valence-electron chi connectivity index (χ2n) is 4.66. The first-order valence-corrected chi connectivity index (χ1v) is 5.85. The van der Waals surface area contributed by atoms with Gasteiger partial charge in [0.05, 0.1) is 0 Å². The summed E-state index contributed by atoms with van der Waals surface area (Å²) in [7, 11) is 0. The summed E-state index contributed by atoms with van der Waals surface area (Å²) < 4.78 is 0. The van der Waals surface area contributed by atoms with Gasteiger partial charge in [0.15, 0.2) is 0 Å². The molecule has 0 fully saturated rings. The number of fused-ring (bicyclic) bond motifs is 1. The number of hydrogen-bond acceptors (Lipinski definition) is 1. The third-order valence-electron chi connectivity index (χ3n) is 3.22. The Morgan fingerprint density at radius 2 is 1.88 bits per heavy atom. The SMILES string of the molecule is CC1CN=C(c2ccc3ccccc3c2)C1. The molecular formula is C15H15N. The number of benzene rings is 2. The van der Waals surface area contributed by atoms with Crippen LogP contribution in [0.3, 0.4) is 0 Å². The summed E-state index contributed by atoms with van der Waals surface area (Å²) in [6, 6.07) is 15.1. The molecule has 80 valence electrons. The van der Waals surface area contributed by atoms with E-state index >= 15 is 0 Å². The van der Waals surface area contributed by atoms with E-state index in [0.717, 1.165) is 13.0 Å². The Labute approximate surface area is 95.8 Å². The molecular weight excluding hydrogens is 194 g/mol. The monoisotopic (exact) mass is 209 g/mol. The molecule has 0 saturated heterocycles. The average Bonchev–Trinajstić information content (AvgIpc) is 2.75. The topological polar surface area (TPSA) is 12.4 Å². The van der Waals surface area contributed by atoms with Gasteiger partial charge < -0.3 is 0 Å². The average molecular weight is 209 g/mol. The number of aliphatic imine (C=N–C) groups is 1. The van der Waals surface area contributed by atoms with E-state index in [9.17, 15) is 0 Å². The highest BCUT2D eigenvalue weighted by atomic mass is 14.8. The second kappa shape index (κ2) is 3.75. The van der Waals surface area contributed by atoms with E-state index in [1.165, 1.54) is 22.0 Å². The van der Waals surface area contributed by atoms with Gasteiger partial charge in [0.1, 0.15) is 0 Å². The van der Waals surface area contributed by atoms with Gasteiger partial charge in [-0.05, 0) is 34.7 Å². The van der Waals surface area contributed by atoms with E-state index in [1.807, 2.05) is 0 Å². The van der Waals surface area contributed by atoms with Crippen LogP contribution in [-0.4, -0.2) is 12.3 Å². The van der Waals surface area contributed by atoms with Gasteiger partial charge in [0.25, 0.3) is 0 Å². The maximum absolute atomic E-state index is 4.61. The van der Waals surface area contributed by atoms with Crippen molar-refractivity contribution in [3.8, 4) is 0 Å². The lowest BCUT2D eigenvalue weighted by Crippen LogP contribution is -1.99. The number of nitrogens with zero attached hydrogens (tertiary/aromatic N) is 1. The van der Waals surface area contributed by atoms with E-state index < -0.39 is 0 Å². The summed E-state index contributed by atoms with van der Waals surface area (Å²) in [6.07, 6.45) is 1.12. The van der Waals surface area contributed by atoms with Crippen LogP contribution in [0.15, 0.2) is 47.5 Å². The van der Waals surface area contributed by atoms with Crippen molar-refractivity contribution >= 4 is 16.5 Å². The molecule has 0 aromatic heterocycles. The maximum Gasteiger partial charge on any atom is 0.0424 e. The maximum atomic E-state index is 4.61. The van der Waals surface area contributed by atoms with E-state index in [0.29, 0.717) is 5.92 Å². The van der Waals surface area contributed by atoms with Crippen molar-refractivity contribution in [2.24, 2.45) is 10.9 Å². The summed E-state index contributed by atoms with van der Waals surface area (Å²) in [6.45, 7) is 3.25. The van der Waals surface area contributed by atoms with Gasteiger partial charge in [-0.1, -0.05) is 43.3 Å². The zero-order valence-corrected chi connectivity index (χ0v) is 9.48. The summed E-state index contributed by atoms with van der Waals surface area (Å²) in [5, 5.41) is 2.61. The molecule has 0 aliphatic carbocycles. The van der Waals surface area contributed by atoms with E-state index in [2.05, 4.69) is 54.4 Å². The van der Waals surface area contributed by atoms with Crippen molar-refractivity contribution in [2.75, 3.05) is 6.54 Å². The van der Waals surface area contributed by atoms with Crippen molar-refractivity contribution < 1.29 is 0 Å². The fraction of sp³-hybridized carbons (Fsp3) is 0.267. The Morgan fingerprint density at radius 3 is 2.62 bits per heavy atom. The van der Waals surface area contributed by atoms with Gasteiger partial charge in [-0.25, -0.2) is 0 Å². The van der Waals surface area contributed by atoms with Gasteiger partial charge >= 0.3 is 0 Å². The summed E-state index contributed by atoms with van der Waals surface area (Å²) in [5.74, 6) is 0.710. The number of rotatable bonds is 1. The molecule has 0 N–H and O–H groups in total. The minimum atomic E-state index is 0.710. The Bertz CT molecular complexity index is 554. The lowest BCUT2D eigenvalue weighted by molar-refractivity contribution is 0.664. The van der Waals surface area contributed by atoms with Crippen molar-refractivity contribution in [3.05, 3.63) is 48.0 Å². The molecule has 1 unspecified atom stereocenters. The van der Waals surface area contributed by atoms with Gasteiger partial charge in [-0.3, -0.25) is 4.99 Å². The Morgan fingerprint density at radius 1 is 1.06 bits per heavy atom. The Hall–Kier alpha value is -1.63. The van der Waals surface area contributed by atoms with Crippen LogP contribution in [0.4, 0.5) is 0 Å². The van der Waals surface area contributed by atoms with Crippen LogP contribution in [0.25, 0.3) is 10.8 Å². The normalized spacial score (nSPS) is 20.1. The molecule has 1 aliphatic heterocycles. The zero-order chi connectivity index (χ0) is 11.0. The van der Waals surface area contributed by atoms with Crippen LogP contribution in [0.5, 0.6) is 0 Å². The van der Waals surface area contributed by atoms with Crippen molar-refractivity contribution in [2.45, 2.75) is 13.3 Å². The molecule has 1 heterocycles. The van der Waals surface area contributed by atoms with Gasteiger partial charge in [0.2, 0.25) is 0 Å². The highest BCUT2D eigenvalue weighted by Crippen LogP contribution is 2.21. The molecule has 1 heteroatoms. The molecule has 0 bridgehead atoms. The third kappa shape index (κ3) is 1.63. The molecule has 2 aromatic rings. The molecule has 1 atom stereocenters. The predicted octanol–water partition coefficient (Wildman–Crippen LogP) is 3.67. The molecule has 1 nitrogen and oxygen atoms in total. The predicted molar refractivity (Wildman–Crippen MR) is 69.1 cm³/mol. The molecule has 3 rings (SSSR count). The Kier molecular flexibility index (Phi) is 2.24. The van der Waals surface area contributed by atoms with E-state index in [-0.39, 0.29) is 0 Å². The van der Waals surface area contributed by atoms with Crippen LogP contribution >= 0.6 is 0 Å². The van der Waals surface area contributed by atoms with Crippen molar-refractivity contribution in [1.29, 1.82) is 0 Å². The van der Waals surface area contributed by atoms with Crippen LogP contribution in [-0.2, 0) is 0 Å². The van der Waals surface area contributed by atoms with Crippen molar-refractivity contribution in [3.63, 3.8) is 0 Å². The van der Waals surface area contributed by atoms with Crippen LogP contribution in [0.1, 0.15) is 18.9 Å². The fourth-order valence-corrected chi connectivity index (χ4v) is 2.30.